The number of aryl methyl sites for hydroxylation is 1. The zero-order valence-corrected chi connectivity index (χ0v) is 13.0. The highest BCUT2D eigenvalue weighted by molar-refractivity contribution is 6.07. The molecule has 1 amide bonds. The van der Waals surface area contributed by atoms with Gasteiger partial charge in [0.05, 0.1) is 18.3 Å². The van der Waals surface area contributed by atoms with Crippen molar-refractivity contribution in [3.05, 3.63) is 59.8 Å². The molecule has 0 saturated carbocycles. The third-order valence-corrected chi connectivity index (χ3v) is 3.56. The van der Waals surface area contributed by atoms with Crippen LogP contribution in [0.5, 0.6) is 5.75 Å². The zero-order chi connectivity index (χ0) is 16.4. The van der Waals surface area contributed by atoms with Crippen LogP contribution in [0, 0.1) is 6.92 Å². The fourth-order valence-electron chi connectivity index (χ4n) is 2.39. The van der Waals surface area contributed by atoms with Crippen LogP contribution in [0.1, 0.15) is 16.1 Å². The Morgan fingerprint density at radius 1 is 1.13 bits per heavy atom. The minimum Gasteiger partial charge on any atom is -0.495 e. The summed E-state index contributed by atoms with van der Waals surface area (Å²) in [6.45, 7) is 1.94. The number of aromatic nitrogens is 1. The highest BCUT2D eigenvalue weighted by atomic mass is 16.5. The number of hydrogen-bond acceptors (Lipinski definition) is 4. The monoisotopic (exact) mass is 307 g/mol. The largest absolute Gasteiger partial charge is 0.495 e. The first-order valence-corrected chi connectivity index (χ1v) is 7.19. The summed E-state index contributed by atoms with van der Waals surface area (Å²) in [5.74, 6) is 0.335. The summed E-state index contributed by atoms with van der Waals surface area (Å²) in [6.07, 6.45) is 0. The molecule has 0 aliphatic rings. The number of carbonyl (C=O) groups excluding carboxylic acids is 1. The van der Waals surface area contributed by atoms with Gasteiger partial charge in [-0.2, -0.15) is 0 Å². The molecule has 0 saturated heterocycles. The lowest BCUT2D eigenvalue weighted by Gasteiger charge is -2.11. The summed E-state index contributed by atoms with van der Waals surface area (Å²) in [7, 11) is 1.55. The maximum absolute atomic E-state index is 12.5. The smallest absolute Gasteiger partial charge is 0.255 e. The van der Waals surface area contributed by atoms with Crippen molar-refractivity contribution >= 4 is 28.2 Å². The molecule has 0 fully saturated rings. The maximum atomic E-state index is 12.5. The van der Waals surface area contributed by atoms with Gasteiger partial charge in [0.15, 0.2) is 0 Å². The molecule has 0 spiro atoms. The van der Waals surface area contributed by atoms with Crippen LogP contribution in [-0.4, -0.2) is 18.0 Å². The highest BCUT2D eigenvalue weighted by Gasteiger charge is 2.11. The highest BCUT2D eigenvalue weighted by Crippen LogP contribution is 2.27. The lowest BCUT2D eigenvalue weighted by Crippen LogP contribution is -2.13. The van der Waals surface area contributed by atoms with Crippen molar-refractivity contribution in [3.8, 4) is 5.75 Å². The number of pyridine rings is 1. The number of benzene rings is 2. The van der Waals surface area contributed by atoms with E-state index in [2.05, 4.69) is 10.3 Å². The lowest BCUT2D eigenvalue weighted by atomic mass is 10.1. The fourth-order valence-corrected chi connectivity index (χ4v) is 2.39. The Bertz CT molecular complexity index is 891. The predicted molar refractivity (Wildman–Crippen MR) is 91.8 cm³/mol. The molecule has 3 aromatic rings. The van der Waals surface area contributed by atoms with E-state index >= 15 is 0 Å². The van der Waals surface area contributed by atoms with Crippen molar-refractivity contribution in [3.63, 3.8) is 0 Å². The second-order valence-corrected chi connectivity index (χ2v) is 5.27. The van der Waals surface area contributed by atoms with Crippen LogP contribution >= 0.6 is 0 Å². The number of nitrogens with two attached hydrogens (primary N) is 1. The summed E-state index contributed by atoms with van der Waals surface area (Å²) in [5, 5.41) is 3.75. The number of fused-ring (bicyclic) bond motifs is 1. The lowest BCUT2D eigenvalue weighted by molar-refractivity contribution is 0.102. The first-order valence-electron chi connectivity index (χ1n) is 7.19. The number of ether oxygens (including phenoxy) is 1. The molecule has 3 N–H and O–H groups in total. The van der Waals surface area contributed by atoms with Crippen molar-refractivity contribution < 1.29 is 9.53 Å². The summed E-state index contributed by atoms with van der Waals surface area (Å²) in [6, 6.07) is 14.4. The van der Waals surface area contributed by atoms with Gasteiger partial charge in [0.1, 0.15) is 5.75 Å². The number of carbonyl (C=O) groups is 1. The normalized spacial score (nSPS) is 10.5. The molecule has 0 aliphatic carbocycles. The van der Waals surface area contributed by atoms with Crippen molar-refractivity contribution in [1.29, 1.82) is 0 Å². The van der Waals surface area contributed by atoms with Crippen LogP contribution in [0.3, 0.4) is 0 Å². The Hall–Kier alpha value is -3.08. The molecule has 1 aromatic heterocycles. The van der Waals surface area contributed by atoms with Crippen LogP contribution < -0.4 is 15.8 Å². The van der Waals surface area contributed by atoms with Crippen molar-refractivity contribution in [2.24, 2.45) is 0 Å². The predicted octanol–water partition coefficient (Wildman–Crippen LogP) is 3.39. The van der Waals surface area contributed by atoms with Gasteiger partial charge in [-0.05, 0) is 49.4 Å². The summed E-state index contributed by atoms with van der Waals surface area (Å²) in [4.78, 5) is 16.9. The third-order valence-electron chi connectivity index (χ3n) is 3.56. The van der Waals surface area contributed by atoms with E-state index in [9.17, 15) is 4.79 Å². The number of hydrogen-bond donors (Lipinski definition) is 2. The number of nitrogen functional groups attached to an aromatic ring is 1. The molecule has 3 rings (SSSR count). The topological polar surface area (TPSA) is 77.2 Å². The van der Waals surface area contributed by atoms with E-state index in [4.69, 9.17) is 10.5 Å². The fraction of sp³-hybridized carbons (Fsp3) is 0.111. The van der Waals surface area contributed by atoms with Gasteiger partial charge >= 0.3 is 0 Å². The van der Waals surface area contributed by atoms with Crippen LogP contribution in [-0.2, 0) is 0 Å². The van der Waals surface area contributed by atoms with Crippen LogP contribution in [0.2, 0.25) is 0 Å². The Labute approximate surface area is 134 Å². The second kappa shape index (κ2) is 5.96. The first-order chi connectivity index (χ1) is 11.1. The Morgan fingerprint density at radius 3 is 2.74 bits per heavy atom. The molecule has 0 radical (unpaired) electrons. The van der Waals surface area contributed by atoms with Crippen molar-refractivity contribution in [2.75, 3.05) is 18.2 Å². The standard InChI is InChI=1S/C18H17N3O2/c1-11-3-4-12-9-13(5-7-15(12)20-11)18(22)21-16-10-14(19)6-8-17(16)23-2/h3-10H,19H2,1-2H3,(H,21,22). The minimum absolute atomic E-state index is 0.226. The molecular weight excluding hydrogens is 290 g/mol. The Kier molecular flexibility index (Phi) is 3.85. The van der Waals surface area contributed by atoms with E-state index in [1.807, 2.05) is 31.2 Å². The first kappa shape index (κ1) is 14.8. The molecule has 0 bridgehead atoms. The van der Waals surface area contributed by atoms with Crippen LogP contribution in [0.15, 0.2) is 48.5 Å². The minimum atomic E-state index is -0.226. The molecule has 0 aliphatic heterocycles. The average molecular weight is 307 g/mol. The number of rotatable bonds is 3. The van der Waals surface area contributed by atoms with Gasteiger partial charge in [-0.25, -0.2) is 0 Å². The van der Waals surface area contributed by atoms with Gasteiger partial charge in [0.2, 0.25) is 0 Å². The molecule has 1 heterocycles. The van der Waals surface area contributed by atoms with Crippen molar-refractivity contribution in [1.82, 2.24) is 4.98 Å². The number of nitrogens with zero attached hydrogens (tertiary/aromatic N) is 1. The van der Waals surface area contributed by atoms with E-state index in [1.165, 1.54) is 0 Å². The molecule has 2 aromatic carbocycles. The molecule has 0 unspecified atom stereocenters. The van der Waals surface area contributed by atoms with Crippen LogP contribution in [0.4, 0.5) is 11.4 Å². The van der Waals surface area contributed by atoms with E-state index in [0.29, 0.717) is 22.7 Å². The van der Waals surface area contributed by atoms with Gasteiger partial charge in [-0.3, -0.25) is 9.78 Å². The van der Waals surface area contributed by atoms with Gasteiger partial charge < -0.3 is 15.8 Å². The van der Waals surface area contributed by atoms with Crippen LogP contribution in [0.25, 0.3) is 10.9 Å². The number of anilines is 2. The van der Waals surface area contributed by atoms with E-state index < -0.39 is 0 Å². The number of amides is 1. The maximum Gasteiger partial charge on any atom is 0.255 e. The SMILES string of the molecule is COc1ccc(N)cc1NC(=O)c1ccc2nc(C)ccc2c1. The third kappa shape index (κ3) is 3.08. The number of nitrogens with one attached hydrogen (secondary N) is 1. The van der Waals surface area contributed by atoms with Crippen molar-refractivity contribution in [2.45, 2.75) is 6.92 Å². The zero-order valence-electron chi connectivity index (χ0n) is 13.0. The molecule has 0 atom stereocenters. The molecule has 116 valence electrons. The molecule has 5 nitrogen and oxygen atoms in total. The van der Waals surface area contributed by atoms with E-state index in [1.54, 1.807) is 31.4 Å². The molecule has 5 heteroatoms. The quantitative estimate of drug-likeness (QED) is 0.727. The van der Waals surface area contributed by atoms with Gasteiger partial charge in [-0.1, -0.05) is 6.07 Å². The molecule has 23 heavy (non-hydrogen) atoms. The summed E-state index contributed by atoms with van der Waals surface area (Å²) in [5.41, 5.74) is 9.22. The average Bonchev–Trinajstić information content (AvgIpc) is 2.54. The second-order valence-electron chi connectivity index (χ2n) is 5.27. The van der Waals surface area contributed by atoms with Gasteiger partial charge in [0, 0.05) is 22.3 Å². The Morgan fingerprint density at radius 2 is 1.96 bits per heavy atom. The Balaban J connectivity index is 1.92. The van der Waals surface area contributed by atoms with Gasteiger partial charge in [-0.15, -0.1) is 0 Å². The van der Waals surface area contributed by atoms with Gasteiger partial charge in [0.25, 0.3) is 5.91 Å². The summed E-state index contributed by atoms with van der Waals surface area (Å²) >= 11 is 0. The summed E-state index contributed by atoms with van der Waals surface area (Å²) < 4.78 is 5.24. The number of methoxy groups -OCH3 is 1. The molecular formula is C18H17N3O2. The van der Waals surface area contributed by atoms with E-state index in [0.717, 1.165) is 16.6 Å². The van der Waals surface area contributed by atoms with E-state index in [-0.39, 0.29) is 5.91 Å².